The van der Waals surface area contributed by atoms with Crippen molar-refractivity contribution in [2.24, 2.45) is 0 Å². The SMILES string of the molecule is [Br-].c1ccc(C[n+]2ccn(-c3ccccn3)c2)cc1. The van der Waals surface area contributed by atoms with Gasteiger partial charge in [0.15, 0.2) is 0 Å². The topological polar surface area (TPSA) is 21.7 Å². The third-order valence-electron chi connectivity index (χ3n) is 2.81. The summed E-state index contributed by atoms with van der Waals surface area (Å²) in [6, 6.07) is 16.3. The second-order valence-corrected chi connectivity index (χ2v) is 4.17. The predicted octanol–water partition coefficient (Wildman–Crippen LogP) is -0.788. The van der Waals surface area contributed by atoms with Crippen LogP contribution in [0.25, 0.3) is 5.82 Å². The Bertz CT molecular complexity index is 620. The van der Waals surface area contributed by atoms with Crippen molar-refractivity contribution in [2.45, 2.75) is 6.54 Å². The molecular weight excluding hydrogens is 302 g/mol. The molecule has 0 amide bonds. The summed E-state index contributed by atoms with van der Waals surface area (Å²) in [5.74, 6) is 0.935. The molecule has 0 fully saturated rings. The van der Waals surface area contributed by atoms with Gasteiger partial charge in [-0.25, -0.2) is 9.55 Å². The Kier molecular flexibility index (Phi) is 4.47. The Balaban J connectivity index is 0.00000133. The zero-order valence-corrected chi connectivity index (χ0v) is 11.9. The van der Waals surface area contributed by atoms with Crippen LogP contribution in [0.4, 0.5) is 0 Å². The van der Waals surface area contributed by atoms with Gasteiger partial charge < -0.3 is 17.0 Å². The third kappa shape index (κ3) is 3.29. The highest BCUT2D eigenvalue weighted by Crippen LogP contribution is 2.02. The summed E-state index contributed by atoms with van der Waals surface area (Å²) in [4.78, 5) is 4.32. The van der Waals surface area contributed by atoms with E-state index in [0.29, 0.717) is 0 Å². The van der Waals surface area contributed by atoms with E-state index in [0.717, 1.165) is 12.4 Å². The molecule has 96 valence electrons. The Morgan fingerprint density at radius 1 is 1.00 bits per heavy atom. The number of pyridine rings is 1. The minimum atomic E-state index is 0. The molecule has 4 heteroatoms. The van der Waals surface area contributed by atoms with Gasteiger partial charge in [0.1, 0.15) is 18.9 Å². The largest absolute Gasteiger partial charge is 1.00 e. The first-order chi connectivity index (χ1) is 8.92. The number of hydrogen-bond donors (Lipinski definition) is 0. The lowest BCUT2D eigenvalue weighted by Gasteiger charge is -1.96. The van der Waals surface area contributed by atoms with Gasteiger partial charge in [0.25, 0.3) is 6.33 Å². The molecule has 0 radical (unpaired) electrons. The van der Waals surface area contributed by atoms with E-state index in [1.54, 1.807) is 6.20 Å². The van der Waals surface area contributed by atoms with Crippen molar-refractivity contribution in [2.75, 3.05) is 0 Å². The molecule has 0 saturated heterocycles. The highest BCUT2D eigenvalue weighted by Gasteiger charge is 2.07. The average Bonchev–Trinajstić information content (AvgIpc) is 2.89. The van der Waals surface area contributed by atoms with Crippen LogP contribution in [0.1, 0.15) is 5.56 Å². The van der Waals surface area contributed by atoms with Crippen molar-refractivity contribution in [3.63, 3.8) is 0 Å². The van der Waals surface area contributed by atoms with E-state index in [1.807, 2.05) is 35.0 Å². The van der Waals surface area contributed by atoms with Crippen molar-refractivity contribution < 1.29 is 21.5 Å². The molecule has 0 aliphatic heterocycles. The summed E-state index contributed by atoms with van der Waals surface area (Å²) in [5, 5.41) is 0. The average molecular weight is 316 g/mol. The maximum absolute atomic E-state index is 4.32. The Morgan fingerprint density at radius 3 is 2.53 bits per heavy atom. The predicted molar refractivity (Wildman–Crippen MR) is 69.3 cm³/mol. The van der Waals surface area contributed by atoms with Crippen molar-refractivity contribution >= 4 is 0 Å². The number of halogens is 1. The van der Waals surface area contributed by atoms with Gasteiger partial charge in [-0.1, -0.05) is 36.4 Å². The molecule has 2 aromatic heterocycles. The van der Waals surface area contributed by atoms with Gasteiger partial charge in [-0.3, -0.25) is 0 Å². The number of rotatable bonds is 3. The van der Waals surface area contributed by atoms with Crippen LogP contribution in [0.3, 0.4) is 0 Å². The number of nitrogens with zero attached hydrogens (tertiary/aromatic N) is 3. The Labute approximate surface area is 122 Å². The van der Waals surface area contributed by atoms with Crippen LogP contribution >= 0.6 is 0 Å². The lowest BCUT2D eigenvalue weighted by Crippen LogP contribution is -3.00. The first-order valence-corrected chi connectivity index (χ1v) is 5.94. The fraction of sp³-hybridized carbons (Fsp3) is 0.0667. The molecular formula is C15H14BrN3. The highest BCUT2D eigenvalue weighted by molar-refractivity contribution is 5.20. The van der Waals surface area contributed by atoms with Crippen molar-refractivity contribution in [1.29, 1.82) is 0 Å². The zero-order chi connectivity index (χ0) is 12.2. The third-order valence-corrected chi connectivity index (χ3v) is 2.81. The molecule has 0 bridgehead atoms. The van der Waals surface area contributed by atoms with E-state index < -0.39 is 0 Å². The minimum Gasteiger partial charge on any atom is -1.00 e. The first-order valence-electron chi connectivity index (χ1n) is 5.94. The fourth-order valence-electron chi connectivity index (χ4n) is 1.92. The van der Waals surface area contributed by atoms with Crippen LogP contribution in [-0.2, 0) is 6.54 Å². The molecule has 0 saturated carbocycles. The Morgan fingerprint density at radius 2 is 1.79 bits per heavy atom. The van der Waals surface area contributed by atoms with Gasteiger partial charge >= 0.3 is 0 Å². The van der Waals surface area contributed by atoms with Crippen LogP contribution in [0.2, 0.25) is 0 Å². The van der Waals surface area contributed by atoms with E-state index >= 15 is 0 Å². The van der Waals surface area contributed by atoms with Crippen LogP contribution in [0, 0.1) is 0 Å². The number of aromatic nitrogens is 3. The molecule has 0 spiro atoms. The molecule has 0 aliphatic carbocycles. The molecule has 3 aromatic rings. The molecule has 3 nitrogen and oxygen atoms in total. The first kappa shape index (κ1) is 13.5. The van der Waals surface area contributed by atoms with Crippen molar-refractivity contribution in [3.8, 4) is 5.82 Å². The number of imidazole rings is 1. The lowest BCUT2D eigenvalue weighted by atomic mass is 10.2. The number of benzene rings is 1. The molecule has 0 N–H and O–H groups in total. The normalized spacial score (nSPS) is 9.89. The summed E-state index contributed by atoms with van der Waals surface area (Å²) in [7, 11) is 0. The monoisotopic (exact) mass is 315 g/mol. The van der Waals surface area contributed by atoms with E-state index in [-0.39, 0.29) is 17.0 Å². The fourth-order valence-corrected chi connectivity index (χ4v) is 1.92. The van der Waals surface area contributed by atoms with Crippen LogP contribution in [0.15, 0.2) is 73.4 Å². The molecule has 3 rings (SSSR count). The van der Waals surface area contributed by atoms with Crippen molar-refractivity contribution in [1.82, 2.24) is 9.55 Å². The summed E-state index contributed by atoms with van der Waals surface area (Å²) < 4.78 is 4.16. The van der Waals surface area contributed by atoms with Gasteiger partial charge in [-0.2, -0.15) is 4.57 Å². The molecule has 0 aliphatic rings. The summed E-state index contributed by atoms with van der Waals surface area (Å²) in [5.41, 5.74) is 1.29. The molecule has 1 aromatic carbocycles. The van der Waals surface area contributed by atoms with Crippen LogP contribution in [0.5, 0.6) is 0 Å². The molecule has 19 heavy (non-hydrogen) atoms. The summed E-state index contributed by atoms with van der Waals surface area (Å²) in [6.45, 7) is 0.876. The highest BCUT2D eigenvalue weighted by atomic mass is 79.9. The summed E-state index contributed by atoms with van der Waals surface area (Å²) in [6.07, 6.45) is 7.93. The van der Waals surface area contributed by atoms with Gasteiger partial charge in [0, 0.05) is 12.3 Å². The molecule has 2 heterocycles. The maximum atomic E-state index is 4.32. The van der Waals surface area contributed by atoms with E-state index in [2.05, 4.69) is 46.3 Å². The quantitative estimate of drug-likeness (QED) is 0.581. The second-order valence-electron chi connectivity index (χ2n) is 4.17. The number of hydrogen-bond acceptors (Lipinski definition) is 1. The lowest BCUT2D eigenvalue weighted by molar-refractivity contribution is -0.687. The van der Waals surface area contributed by atoms with Gasteiger partial charge in [0.2, 0.25) is 5.82 Å². The van der Waals surface area contributed by atoms with E-state index in [4.69, 9.17) is 0 Å². The van der Waals surface area contributed by atoms with Gasteiger partial charge in [-0.15, -0.1) is 0 Å². The van der Waals surface area contributed by atoms with E-state index in [9.17, 15) is 0 Å². The Hall–Kier alpha value is -1.94. The maximum Gasteiger partial charge on any atom is 0.250 e. The molecule has 0 unspecified atom stereocenters. The minimum absolute atomic E-state index is 0. The standard InChI is InChI=1S/C15H14N3.BrH/c1-2-6-14(7-3-1)12-17-10-11-18(13-17)15-8-4-5-9-16-15;/h1-11,13H,12H2;1H/q+1;/p-1. The molecule has 0 atom stereocenters. The summed E-state index contributed by atoms with van der Waals surface area (Å²) >= 11 is 0. The second kappa shape index (κ2) is 6.29. The smallest absolute Gasteiger partial charge is 0.250 e. The van der Waals surface area contributed by atoms with Crippen LogP contribution < -0.4 is 21.5 Å². The van der Waals surface area contributed by atoms with E-state index in [1.165, 1.54) is 5.56 Å². The van der Waals surface area contributed by atoms with Gasteiger partial charge in [0.05, 0.1) is 0 Å². The van der Waals surface area contributed by atoms with Gasteiger partial charge in [-0.05, 0) is 11.6 Å². The van der Waals surface area contributed by atoms with Crippen molar-refractivity contribution in [3.05, 3.63) is 79.0 Å². The van der Waals surface area contributed by atoms with Crippen LogP contribution in [-0.4, -0.2) is 9.55 Å². The zero-order valence-electron chi connectivity index (χ0n) is 10.4.